The van der Waals surface area contributed by atoms with Crippen LogP contribution in [0.15, 0.2) is 12.7 Å². The SMILES string of the molecule is C=CC1OS(=O)(=O)OC1C(=O)OC. The first-order chi connectivity index (χ1) is 6.00. The van der Waals surface area contributed by atoms with Gasteiger partial charge in [-0.05, 0) is 0 Å². The van der Waals surface area contributed by atoms with Crippen molar-refractivity contribution in [2.75, 3.05) is 7.11 Å². The first-order valence-electron chi connectivity index (χ1n) is 3.32. The Labute approximate surface area is 75.4 Å². The molecule has 0 saturated carbocycles. The number of rotatable bonds is 2. The smallest absolute Gasteiger partial charge is 0.401 e. The lowest BCUT2D eigenvalue weighted by atomic mass is 10.2. The molecule has 0 aromatic carbocycles. The van der Waals surface area contributed by atoms with Crippen LogP contribution in [0.5, 0.6) is 0 Å². The van der Waals surface area contributed by atoms with E-state index < -0.39 is 28.6 Å². The fourth-order valence-corrected chi connectivity index (χ4v) is 1.78. The van der Waals surface area contributed by atoms with Crippen LogP contribution in [0, 0.1) is 0 Å². The molecular formula is C6H8O6S. The van der Waals surface area contributed by atoms with Crippen molar-refractivity contribution in [3.05, 3.63) is 12.7 Å². The van der Waals surface area contributed by atoms with E-state index in [1.165, 1.54) is 0 Å². The average Bonchev–Trinajstić information content (AvgIpc) is 2.39. The van der Waals surface area contributed by atoms with Crippen LogP contribution < -0.4 is 0 Å². The fraction of sp³-hybridized carbons (Fsp3) is 0.500. The molecule has 0 aromatic rings. The molecular weight excluding hydrogens is 200 g/mol. The Morgan fingerprint density at radius 3 is 2.62 bits per heavy atom. The maximum absolute atomic E-state index is 10.9. The Morgan fingerprint density at radius 1 is 1.54 bits per heavy atom. The number of hydrogen-bond donors (Lipinski definition) is 0. The van der Waals surface area contributed by atoms with Crippen molar-refractivity contribution in [1.29, 1.82) is 0 Å². The first kappa shape index (κ1) is 10.2. The van der Waals surface area contributed by atoms with Gasteiger partial charge in [0.1, 0.15) is 6.10 Å². The quantitative estimate of drug-likeness (QED) is 0.444. The minimum Gasteiger partial charge on any atom is -0.467 e. The molecule has 0 N–H and O–H groups in total. The van der Waals surface area contributed by atoms with Gasteiger partial charge < -0.3 is 4.74 Å². The van der Waals surface area contributed by atoms with Gasteiger partial charge in [-0.3, -0.25) is 0 Å². The lowest BCUT2D eigenvalue weighted by Crippen LogP contribution is -2.30. The Balaban J connectivity index is 2.87. The van der Waals surface area contributed by atoms with Crippen LogP contribution in [0.1, 0.15) is 0 Å². The third-order valence-corrected chi connectivity index (χ3v) is 2.32. The fourth-order valence-electron chi connectivity index (χ4n) is 0.843. The number of carbonyl (C=O) groups excluding carboxylic acids is 1. The summed E-state index contributed by atoms with van der Waals surface area (Å²) in [5, 5.41) is 0. The van der Waals surface area contributed by atoms with Crippen molar-refractivity contribution in [2.24, 2.45) is 0 Å². The van der Waals surface area contributed by atoms with Gasteiger partial charge in [0.05, 0.1) is 7.11 Å². The van der Waals surface area contributed by atoms with E-state index >= 15 is 0 Å². The van der Waals surface area contributed by atoms with Crippen LogP contribution >= 0.6 is 0 Å². The highest BCUT2D eigenvalue weighted by molar-refractivity contribution is 7.82. The Kier molecular flexibility index (Phi) is 2.69. The highest BCUT2D eigenvalue weighted by Crippen LogP contribution is 2.21. The molecule has 7 heteroatoms. The largest absolute Gasteiger partial charge is 0.467 e. The molecule has 0 aromatic heterocycles. The summed E-state index contributed by atoms with van der Waals surface area (Å²) in [6.07, 6.45) is -1.14. The topological polar surface area (TPSA) is 78.9 Å². The van der Waals surface area contributed by atoms with E-state index in [4.69, 9.17) is 0 Å². The predicted molar refractivity (Wildman–Crippen MR) is 40.9 cm³/mol. The average molecular weight is 208 g/mol. The van der Waals surface area contributed by atoms with Gasteiger partial charge in [0.15, 0.2) is 0 Å². The van der Waals surface area contributed by atoms with Crippen molar-refractivity contribution < 1.29 is 26.3 Å². The summed E-state index contributed by atoms with van der Waals surface area (Å²) < 4.78 is 34.4. The first-order valence-corrected chi connectivity index (χ1v) is 4.65. The normalized spacial score (nSPS) is 31.2. The van der Waals surface area contributed by atoms with E-state index in [0.29, 0.717) is 0 Å². The Hall–Kier alpha value is -0.920. The number of carbonyl (C=O) groups is 1. The van der Waals surface area contributed by atoms with Gasteiger partial charge in [-0.1, -0.05) is 6.08 Å². The highest BCUT2D eigenvalue weighted by Gasteiger charge is 2.43. The number of methoxy groups -OCH3 is 1. The van der Waals surface area contributed by atoms with E-state index in [1.807, 2.05) is 0 Å². The zero-order chi connectivity index (χ0) is 10.1. The molecule has 13 heavy (non-hydrogen) atoms. The van der Waals surface area contributed by atoms with E-state index in [1.54, 1.807) is 0 Å². The minimum atomic E-state index is -4.08. The predicted octanol–water partition coefficient (Wildman–Crippen LogP) is -0.626. The molecule has 1 saturated heterocycles. The molecule has 1 fully saturated rings. The summed E-state index contributed by atoms with van der Waals surface area (Å²) in [6.45, 7) is 3.30. The lowest BCUT2D eigenvalue weighted by Gasteiger charge is -2.06. The molecule has 2 atom stereocenters. The van der Waals surface area contributed by atoms with Crippen LogP contribution in [0.2, 0.25) is 0 Å². The maximum Gasteiger partial charge on any atom is 0.401 e. The molecule has 1 aliphatic rings. The Morgan fingerprint density at radius 2 is 2.15 bits per heavy atom. The summed E-state index contributed by atoms with van der Waals surface area (Å²) in [4.78, 5) is 10.9. The third-order valence-electron chi connectivity index (χ3n) is 1.41. The van der Waals surface area contributed by atoms with E-state index in [-0.39, 0.29) is 0 Å². The summed E-state index contributed by atoms with van der Waals surface area (Å²) in [6, 6.07) is 0. The molecule has 1 aliphatic heterocycles. The summed E-state index contributed by atoms with van der Waals surface area (Å²) >= 11 is 0. The number of hydrogen-bond acceptors (Lipinski definition) is 6. The van der Waals surface area contributed by atoms with Crippen LogP contribution in [0.3, 0.4) is 0 Å². The molecule has 74 valence electrons. The monoisotopic (exact) mass is 208 g/mol. The number of ether oxygens (including phenoxy) is 1. The molecule has 0 bridgehead atoms. The molecule has 0 radical (unpaired) electrons. The molecule has 1 heterocycles. The van der Waals surface area contributed by atoms with Gasteiger partial charge in [0.2, 0.25) is 6.10 Å². The van der Waals surface area contributed by atoms with Crippen LogP contribution in [-0.2, 0) is 28.3 Å². The lowest BCUT2D eigenvalue weighted by molar-refractivity contribution is -0.149. The van der Waals surface area contributed by atoms with Crippen molar-refractivity contribution in [3.8, 4) is 0 Å². The van der Waals surface area contributed by atoms with E-state index in [0.717, 1.165) is 13.2 Å². The third kappa shape index (κ3) is 2.06. The summed E-state index contributed by atoms with van der Waals surface area (Å²) in [5.74, 6) is -0.814. The van der Waals surface area contributed by atoms with Crippen molar-refractivity contribution in [2.45, 2.75) is 12.2 Å². The second-order valence-corrected chi connectivity index (χ2v) is 3.45. The number of esters is 1. The molecule has 0 spiro atoms. The van der Waals surface area contributed by atoms with Gasteiger partial charge in [0, 0.05) is 0 Å². The van der Waals surface area contributed by atoms with Gasteiger partial charge in [0.25, 0.3) is 0 Å². The van der Waals surface area contributed by atoms with E-state index in [2.05, 4.69) is 19.7 Å². The van der Waals surface area contributed by atoms with Gasteiger partial charge >= 0.3 is 16.4 Å². The highest BCUT2D eigenvalue weighted by atomic mass is 32.3. The van der Waals surface area contributed by atoms with E-state index in [9.17, 15) is 13.2 Å². The van der Waals surface area contributed by atoms with Crippen molar-refractivity contribution in [1.82, 2.24) is 0 Å². The standard InChI is InChI=1S/C6H8O6S/c1-3-4-5(6(7)10-2)12-13(8,9)11-4/h3-5H,1H2,2H3. The van der Waals surface area contributed by atoms with Crippen LogP contribution in [0.25, 0.3) is 0 Å². The van der Waals surface area contributed by atoms with Gasteiger partial charge in [-0.25, -0.2) is 13.2 Å². The molecule has 0 amide bonds. The summed E-state index contributed by atoms with van der Waals surface area (Å²) in [5.41, 5.74) is 0. The van der Waals surface area contributed by atoms with Gasteiger partial charge in [-0.15, -0.1) is 6.58 Å². The molecule has 6 nitrogen and oxygen atoms in total. The molecule has 0 aliphatic carbocycles. The molecule has 1 rings (SSSR count). The van der Waals surface area contributed by atoms with Gasteiger partial charge in [-0.2, -0.15) is 8.42 Å². The maximum atomic E-state index is 10.9. The zero-order valence-electron chi connectivity index (χ0n) is 6.80. The Bertz CT molecular complexity index is 318. The second-order valence-electron chi connectivity index (χ2n) is 2.24. The van der Waals surface area contributed by atoms with Crippen molar-refractivity contribution in [3.63, 3.8) is 0 Å². The van der Waals surface area contributed by atoms with Crippen LogP contribution in [0.4, 0.5) is 0 Å². The minimum absolute atomic E-state index is 0.814. The second kappa shape index (κ2) is 3.44. The summed E-state index contributed by atoms with van der Waals surface area (Å²) in [7, 11) is -2.96. The van der Waals surface area contributed by atoms with Crippen molar-refractivity contribution >= 4 is 16.4 Å². The molecule has 2 unspecified atom stereocenters. The zero-order valence-corrected chi connectivity index (χ0v) is 7.61. The van der Waals surface area contributed by atoms with Crippen LogP contribution in [-0.4, -0.2) is 33.7 Å².